The van der Waals surface area contributed by atoms with E-state index < -0.39 is 6.10 Å². The van der Waals surface area contributed by atoms with E-state index in [2.05, 4.69) is 128 Å². The number of aromatic nitrogens is 1. The van der Waals surface area contributed by atoms with Gasteiger partial charge < -0.3 is 15.0 Å². The van der Waals surface area contributed by atoms with Gasteiger partial charge >= 0.3 is 0 Å². The second kappa shape index (κ2) is 10.5. The largest absolute Gasteiger partial charge is 0.390 e. The summed E-state index contributed by atoms with van der Waals surface area (Å²) in [6, 6.07) is 36.3. The van der Waals surface area contributed by atoms with Crippen LogP contribution in [0.3, 0.4) is 0 Å². The molecular weight excluding hydrogens is 440 g/mol. The molecule has 0 aliphatic carbocycles. The first-order valence-corrected chi connectivity index (χ1v) is 12.7. The minimum atomic E-state index is -0.543. The Kier molecular flexibility index (Phi) is 7.04. The average Bonchev–Trinajstić information content (AvgIpc) is 3.22. The quantitative estimate of drug-likeness (QED) is 0.247. The van der Waals surface area contributed by atoms with Crippen LogP contribution < -0.4 is 5.32 Å². The Balaban J connectivity index is 1.60. The molecule has 0 aliphatic heterocycles. The van der Waals surface area contributed by atoms with Gasteiger partial charge in [-0.15, -0.1) is 0 Å². The van der Waals surface area contributed by atoms with E-state index in [9.17, 15) is 5.11 Å². The maximum Gasteiger partial charge on any atom is 0.0843 e. The number of benzene rings is 4. The van der Waals surface area contributed by atoms with Crippen LogP contribution in [0.2, 0.25) is 0 Å². The van der Waals surface area contributed by atoms with Gasteiger partial charge in [0.25, 0.3) is 0 Å². The Bertz CT molecular complexity index is 1440. The first kappa shape index (κ1) is 24.1. The second-order valence-corrected chi connectivity index (χ2v) is 9.74. The van der Waals surface area contributed by atoms with Gasteiger partial charge in [0.2, 0.25) is 0 Å². The predicted octanol–water partition coefficient (Wildman–Crippen LogP) is 7.30. The minimum absolute atomic E-state index is 0.167. The van der Waals surface area contributed by atoms with Crippen LogP contribution in [0.4, 0.5) is 0 Å². The molecule has 182 valence electrons. The molecule has 0 unspecified atom stereocenters. The number of aliphatic hydroxyl groups excluding tert-OH is 1. The Morgan fingerprint density at radius 2 is 1.36 bits per heavy atom. The van der Waals surface area contributed by atoms with Crippen LogP contribution in [0.5, 0.6) is 0 Å². The van der Waals surface area contributed by atoms with E-state index in [0.29, 0.717) is 13.1 Å². The first-order chi connectivity index (χ1) is 17.5. The third-order valence-corrected chi connectivity index (χ3v) is 6.95. The van der Waals surface area contributed by atoms with Crippen molar-refractivity contribution in [1.82, 2.24) is 9.88 Å². The standard InChI is InChI=1S/C33H34N2O/c1-23-19-24(2)32-30(20-23)31(27-15-9-5-10-16-27)33(28-17-11-6-12-18-28)35(32)22-29(36)21-34-25(3)26-13-7-4-8-14-26/h4-20,25,29,34,36H,21-22H2,1-3H3/t25-,29-/m0/s1. The Morgan fingerprint density at radius 3 is 2.00 bits per heavy atom. The van der Waals surface area contributed by atoms with Crippen molar-refractivity contribution in [1.29, 1.82) is 0 Å². The smallest absolute Gasteiger partial charge is 0.0843 e. The molecule has 0 saturated carbocycles. The van der Waals surface area contributed by atoms with Gasteiger partial charge in [0.05, 0.1) is 23.9 Å². The summed E-state index contributed by atoms with van der Waals surface area (Å²) in [4.78, 5) is 0. The summed E-state index contributed by atoms with van der Waals surface area (Å²) in [5.74, 6) is 0. The number of aliphatic hydroxyl groups is 1. The van der Waals surface area contributed by atoms with Gasteiger partial charge in [0.15, 0.2) is 0 Å². The van der Waals surface area contributed by atoms with Crippen molar-refractivity contribution in [2.75, 3.05) is 6.54 Å². The van der Waals surface area contributed by atoms with Crippen LogP contribution in [-0.4, -0.2) is 22.3 Å². The lowest BCUT2D eigenvalue weighted by molar-refractivity contribution is 0.150. The number of hydrogen-bond acceptors (Lipinski definition) is 2. The lowest BCUT2D eigenvalue weighted by Crippen LogP contribution is -2.32. The summed E-state index contributed by atoms with van der Waals surface area (Å²) in [6.07, 6.45) is -0.543. The Hall–Kier alpha value is -3.66. The SMILES string of the molecule is Cc1cc(C)c2c(c1)c(-c1ccccc1)c(-c1ccccc1)n2C[C@@H](O)CN[C@@H](C)c1ccccc1. The monoisotopic (exact) mass is 474 g/mol. The molecular formula is C33H34N2O. The van der Waals surface area contributed by atoms with E-state index in [4.69, 9.17) is 0 Å². The topological polar surface area (TPSA) is 37.2 Å². The molecule has 5 aromatic rings. The van der Waals surface area contributed by atoms with E-state index in [1.165, 1.54) is 38.7 Å². The fourth-order valence-corrected chi connectivity index (χ4v) is 5.31. The van der Waals surface area contributed by atoms with Crippen molar-refractivity contribution in [3.63, 3.8) is 0 Å². The molecule has 0 aliphatic rings. The summed E-state index contributed by atoms with van der Waals surface area (Å²) < 4.78 is 2.33. The summed E-state index contributed by atoms with van der Waals surface area (Å²) in [7, 11) is 0. The fraction of sp³-hybridized carbons (Fsp3) is 0.212. The van der Waals surface area contributed by atoms with E-state index in [-0.39, 0.29) is 6.04 Å². The summed E-state index contributed by atoms with van der Waals surface area (Å²) >= 11 is 0. The number of nitrogens with one attached hydrogen (secondary N) is 1. The van der Waals surface area contributed by atoms with Gasteiger partial charge in [0.1, 0.15) is 0 Å². The fourth-order valence-electron chi connectivity index (χ4n) is 5.31. The molecule has 0 bridgehead atoms. The predicted molar refractivity (Wildman–Crippen MR) is 151 cm³/mol. The summed E-state index contributed by atoms with van der Waals surface area (Å²) in [5, 5.41) is 16.0. The molecule has 3 nitrogen and oxygen atoms in total. The van der Waals surface area contributed by atoms with E-state index in [1.54, 1.807) is 0 Å². The Labute approximate surface area is 214 Å². The lowest BCUT2D eigenvalue weighted by atomic mass is 9.97. The van der Waals surface area contributed by atoms with Gasteiger partial charge in [-0.05, 0) is 49.1 Å². The van der Waals surface area contributed by atoms with E-state index in [1.807, 2.05) is 6.07 Å². The maximum atomic E-state index is 11.3. The van der Waals surface area contributed by atoms with Crippen molar-refractivity contribution >= 4 is 10.9 Å². The third-order valence-electron chi connectivity index (χ3n) is 6.95. The van der Waals surface area contributed by atoms with Crippen LogP contribution in [-0.2, 0) is 6.54 Å². The van der Waals surface area contributed by atoms with Crippen molar-refractivity contribution in [2.45, 2.75) is 39.5 Å². The molecule has 0 saturated heterocycles. The molecule has 2 atom stereocenters. The lowest BCUT2D eigenvalue weighted by Gasteiger charge is -2.20. The second-order valence-electron chi connectivity index (χ2n) is 9.74. The van der Waals surface area contributed by atoms with E-state index >= 15 is 0 Å². The molecule has 3 heteroatoms. The highest BCUT2D eigenvalue weighted by molar-refractivity contribution is 6.06. The summed E-state index contributed by atoms with van der Waals surface area (Å²) in [6.45, 7) is 7.49. The molecule has 1 aromatic heterocycles. The van der Waals surface area contributed by atoms with Crippen molar-refractivity contribution in [2.24, 2.45) is 0 Å². The molecule has 5 rings (SSSR count). The van der Waals surface area contributed by atoms with Crippen LogP contribution in [0.25, 0.3) is 33.3 Å². The highest BCUT2D eigenvalue weighted by Gasteiger charge is 2.23. The number of rotatable bonds is 8. The molecule has 0 spiro atoms. The van der Waals surface area contributed by atoms with Crippen molar-refractivity contribution in [3.05, 3.63) is 120 Å². The highest BCUT2D eigenvalue weighted by atomic mass is 16.3. The van der Waals surface area contributed by atoms with E-state index in [0.717, 1.165) is 11.3 Å². The normalized spacial score (nSPS) is 13.1. The number of fused-ring (bicyclic) bond motifs is 1. The highest BCUT2D eigenvalue weighted by Crippen LogP contribution is 2.42. The average molecular weight is 475 g/mol. The van der Waals surface area contributed by atoms with Gasteiger partial charge in [-0.25, -0.2) is 0 Å². The zero-order chi connectivity index (χ0) is 25.1. The molecule has 0 amide bonds. The molecule has 36 heavy (non-hydrogen) atoms. The maximum absolute atomic E-state index is 11.3. The molecule has 0 fully saturated rings. The van der Waals surface area contributed by atoms with Crippen LogP contribution in [0.15, 0.2) is 103 Å². The third kappa shape index (κ3) is 4.86. The number of nitrogens with zero attached hydrogens (tertiary/aromatic N) is 1. The molecule has 4 aromatic carbocycles. The Morgan fingerprint density at radius 1 is 0.778 bits per heavy atom. The minimum Gasteiger partial charge on any atom is -0.390 e. The molecule has 1 heterocycles. The van der Waals surface area contributed by atoms with Gasteiger partial charge in [-0.3, -0.25) is 0 Å². The molecule has 0 radical (unpaired) electrons. The van der Waals surface area contributed by atoms with Gasteiger partial charge in [-0.2, -0.15) is 0 Å². The number of aryl methyl sites for hydroxylation is 2. The zero-order valence-corrected chi connectivity index (χ0v) is 21.3. The van der Waals surface area contributed by atoms with Crippen molar-refractivity contribution in [3.8, 4) is 22.4 Å². The first-order valence-electron chi connectivity index (χ1n) is 12.7. The van der Waals surface area contributed by atoms with Crippen molar-refractivity contribution < 1.29 is 5.11 Å². The van der Waals surface area contributed by atoms with Crippen LogP contribution >= 0.6 is 0 Å². The van der Waals surface area contributed by atoms with Crippen LogP contribution in [0.1, 0.15) is 29.7 Å². The number of hydrogen-bond donors (Lipinski definition) is 2. The molecule has 2 N–H and O–H groups in total. The van der Waals surface area contributed by atoms with Gasteiger partial charge in [0, 0.05) is 23.5 Å². The summed E-state index contributed by atoms with van der Waals surface area (Å²) in [5.41, 5.74) is 9.60. The van der Waals surface area contributed by atoms with Crippen LogP contribution in [0, 0.1) is 13.8 Å². The van der Waals surface area contributed by atoms with Gasteiger partial charge in [-0.1, -0.05) is 103 Å². The zero-order valence-electron chi connectivity index (χ0n) is 21.3.